The first kappa shape index (κ1) is 21.2. The Bertz CT molecular complexity index is 858. The van der Waals surface area contributed by atoms with Crippen LogP contribution in [-0.4, -0.2) is 30.9 Å². The van der Waals surface area contributed by atoms with Crippen LogP contribution in [0.5, 0.6) is 5.75 Å². The largest absolute Gasteiger partial charge is 0.482 e. The molecule has 0 unspecified atom stereocenters. The molecule has 0 aromatic heterocycles. The van der Waals surface area contributed by atoms with Crippen molar-refractivity contribution in [3.63, 3.8) is 0 Å². The molecule has 1 N–H and O–H groups in total. The summed E-state index contributed by atoms with van der Waals surface area (Å²) in [4.78, 5) is 35.0. The van der Waals surface area contributed by atoms with E-state index in [0.717, 1.165) is 11.1 Å². The summed E-state index contributed by atoms with van der Waals surface area (Å²) in [6.45, 7) is 6.70. The first-order valence-corrected chi connectivity index (χ1v) is 9.02. The maximum atomic E-state index is 12.0. The fourth-order valence-electron chi connectivity index (χ4n) is 2.52. The summed E-state index contributed by atoms with van der Waals surface area (Å²) in [7, 11) is 0. The van der Waals surface area contributed by atoms with Gasteiger partial charge < -0.3 is 14.8 Å². The van der Waals surface area contributed by atoms with Gasteiger partial charge in [0, 0.05) is 5.56 Å². The molecule has 0 bridgehead atoms. The molecule has 148 valence electrons. The summed E-state index contributed by atoms with van der Waals surface area (Å²) in [6.07, 6.45) is 0. The number of aryl methyl sites for hydroxylation is 2. The molecule has 0 fully saturated rings. The molecule has 0 saturated carbocycles. The van der Waals surface area contributed by atoms with Gasteiger partial charge in [0.15, 0.2) is 19.0 Å². The molecule has 0 radical (unpaired) electrons. The average molecular weight is 383 g/mol. The minimum Gasteiger partial charge on any atom is -0.482 e. The lowest BCUT2D eigenvalue weighted by Gasteiger charge is -2.16. The van der Waals surface area contributed by atoms with E-state index in [2.05, 4.69) is 5.32 Å². The van der Waals surface area contributed by atoms with Crippen LogP contribution < -0.4 is 10.1 Å². The fourth-order valence-corrected chi connectivity index (χ4v) is 2.52. The number of ketones is 1. The number of benzene rings is 2. The van der Waals surface area contributed by atoms with Crippen molar-refractivity contribution < 1.29 is 23.9 Å². The lowest BCUT2D eigenvalue weighted by atomic mass is 10.0. The quantitative estimate of drug-likeness (QED) is 0.559. The van der Waals surface area contributed by atoms with E-state index >= 15 is 0 Å². The lowest BCUT2D eigenvalue weighted by Crippen LogP contribution is -2.32. The number of nitrogens with one attached hydrogen (secondary N) is 1. The molecule has 0 aliphatic carbocycles. The highest BCUT2D eigenvalue weighted by Gasteiger charge is 2.13. The van der Waals surface area contributed by atoms with Gasteiger partial charge in [0.25, 0.3) is 5.91 Å². The van der Waals surface area contributed by atoms with Gasteiger partial charge in [-0.2, -0.15) is 0 Å². The number of carbonyl (C=O) groups is 3. The summed E-state index contributed by atoms with van der Waals surface area (Å²) < 4.78 is 10.2. The van der Waals surface area contributed by atoms with E-state index in [0.29, 0.717) is 11.3 Å². The van der Waals surface area contributed by atoms with Gasteiger partial charge in [-0.25, -0.2) is 4.79 Å². The third-order valence-corrected chi connectivity index (χ3v) is 4.39. The number of esters is 1. The summed E-state index contributed by atoms with van der Waals surface area (Å²) in [5.74, 6) is -0.642. The fraction of sp³-hybridized carbons (Fsp3) is 0.318. The van der Waals surface area contributed by atoms with E-state index < -0.39 is 5.97 Å². The molecule has 0 aliphatic heterocycles. The molecule has 0 heterocycles. The van der Waals surface area contributed by atoms with Crippen LogP contribution in [0.2, 0.25) is 0 Å². The van der Waals surface area contributed by atoms with Gasteiger partial charge in [-0.05, 0) is 68.7 Å². The van der Waals surface area contributed by atoms with Crippen LogP contribution in [0.15, 0.2) is 42.5 Å². The number of Topliss-reactive ketones (excluding diaryl/α,β-unsaturated/α-hetero) is 1. The number of hydrogen-bond acceptors (Lipinski definition) is 5. The van der Waals surface area contributed by atoms with Crippen LogP contribution in [0.3, 0.4) is 0 Å². The van der Waals surface area contributed by atoms with Crippen LogP contribution >= 0.6 is 0 Å². The van der Waals surface area contributed by atoms with Gasteiger partial charge in [0.05, 0.1) is 6.04 Å². The number of hydrogen-bond donors (Lipinski definition) is 1. The van der Waals surface area contributed by atoms with E-state index in [1.807, 2.05) is 39.0 Å². The van der Waals surface area contributed by atoms with Crippen LogP contribution in [0.25, 0.3) is 0 Å². The Morgan fingerprint density at radius 1 is 0.964 bits per heavy atom. The first-order chi connectivity index (χ1) is 13.3. The molecule has 0 spiro atoms. The van der Waals surface area contributed by atoms with Crippen molar-refractivity contribution in [1.82, 2.24) is 5.32 Å². The Balaban J connectivity index is 1.74. The summed E-state index contributed by atoms with van der Waals surface area (Å²) in [5.41, 5.74) is 3.88. The standard InChI is InChI=1S/C22H25NO5/c1-14-5-6-19(11-15(14)2)16(3)23-21(25)12-28-22(26)13-27-20-9-7-18(8-10-20)17(4)24/h5-11,16H,12-13H2,1-4H3,(H,23,25)/t16-/m0/s1. The van der Waals surface area contributed by atoms with Gasteiger partial charge in [0.1, 0.15) is 5.75 Å². The molecule has 0 saturated heterocycles. The van der Waals surface area contributed by atoms with E-state index in [4.69, 9.17) is 9.47 Å². The number of amides is 1. The Morgan fingerprint density at radius 2 is 1.64 bits per heavy atom. The van der Waals surface area contributed by atoms with E-state index in [9.17, 15) is 14.4 Å². The second-order valence-electron chi connectivity index (χ2n) is 6.66. The SMILES string of the molecule is CC(=O)c1ccc(OCC(=O)OCC(=O)N[C@@H](C)c2ccc(C)c(C)c2)cc1. The lowest BCUT2D eigenvalue weighted by molar-refractivity contribution is -0.150. The first-order valence-electron chi connectivity index (χ1n) is 9.02. The Morgan fingerprint density at radius 3 is 2.25 bits per heavy atom. The van der Waals surface area contributed by atoms with Crippen LogP contribution in [0.4, 0.5) is 0 Å². The Labute approximate surface area is 164 Å². The van der Waals surface area contributed by atoms with Gasteiger partial charge in [-0.1, -0.05) is 18.2 Å². The maximum absolute atomic E-state index is 12.0. The maximum Gasteiger partial charge on any atom is 0.344 e. The van der Waals surface area contributed by atoms with Gasteiger partial charge >= 0.3 is 5.97 Å². The van der Waals surface area contributed by atoms with E-state index in [1.165, 1.54) is 12.5 Å². The number of carbonyl (C=O) groups excluding carboxylic acids is 3. The highest BCUT2D eigenvalue weighted by Crippen LogP contribution is 2.16. The second-order valence-corrected chi connectivity index (χ2v) is 6.66. The molecule has 6 nitrogen and oxygen atoms in total. The molecular weight excluding hydrogens is 358 g/mol. The third-order valence-electron chi connectivity index (χ3n) is 4.39. The molecule has 1 atom stereocenters. The van der Waals surface area contributed by atoms with Crippen molar-refractivity contribution in [2.45, 2.75) is 33.7 Å². The summed E-state index contributed by atoms with van der Waals surface area (Å²) >= 11 is 0. The highest BCUT2D eigenvalue weighted by atomic mass is 16.6. The van der Waals surface area contributed by atoms with Crippen molar-refractivity contribution >= 4 is 17.7 Å². The normalized spacial score (nSPS) is 11.4. The molecule has 2 rings (SSSR count). The van der Waals surface area contributed by atoms with E-state index in [-0.39, 0.29) is 30.9 Å². The van der Waals surface area contributed by atoms with Gasteiger partial charge in [-0.15, -0.1) is 0 Å². The van der Waals surface area contributed by atoms with Crippen molar-refractivity contribution in [1.29, 1.82) is 0 Å². The molecule has 0 aliphatic rings. The van der Waals surface area contributed by atoms with E-state index in [1.54, 1.807) is 24.3 Å². The number of rotatable bonds is 8. The molecule has 2 aromatic rings. The van der Waals surface area contributed by atoms with Crippen molar-refractivity contribution in [2.75, 3.05) is 13.2 Å². The van der Waals surface area contributed by atoms with Crippen molar-refractivity contribution in [2.24, 2.45) is 0 Å². The minimum absolute atomic E-state index is 0.0491. The molecule has 2 aromatic carbocycles. The molecular formula is C22H25NO5. The monoisotopic (exact) mass is 383 g/mol. The summed E-state index contributed by atoms with van der Waals surface area (Å²) in [6, 6.07) is 12.2. The van der Waals surface area contributed by atoms with Crippen molar-refractivity contribution in [3.05, 3.63) is 64.7 Å². The minimum atomic E-state index is -0.648. The molecule has 28 heavy (non-hydrogen) atoms. The Hall–Kier alpha value is -3.15. The van der Waals surface area contributed by atoms with Crippen LogP contribution in [-0.2, 0) is 14.3 Å². The highest BCUT2D eigenvalue weighted by molar-refractivity contribution is 5.94. The Kier molecular flexibility index (Phi) is 7.32. The topological polar surface area (TPSA) is 81.7 Å². The van der Waals surface area contributed by atoms with Crippen molar-refractivity contribution in [3.8, 4) is 5.75 Å². The predicted octanol–water partition coefficient (Wildman–Crippen LogP) is 3.31. The third kappa shape index (κ3) is 6.23. The average Bonchev–Trinajstić information content (AvgIpc) is 2.67. The molecule has 6 heteroatoms. The smallest absolute Gasteiger partial charge is 0.344 e. The van der Waals surface area contributed by atoms with Gasteiger partial charge in [-0.3, -0.25) is 9.59 Å². The summed E-state index contributed by atoms with van der Waals surface area (Å²) in [5, 5.41) is 2.80. The predicted molar refractivity (Wildman–Crippen MR) is 105 cm³/mol. The zero-order valence-electron chi connectivity index (χ0n) is 16.6. The number of ether oxygens (including phenoxy) is 2. The second kappa shape index (κ2) is 9.69. The zero-order valence-corrected chi connectivity index (χ0v) is 16.6. The zero-order chi connectivity index (χ0) is 20.7. The molecule has 1 amide bonds. The van der Waals surface area contributed by atoms with Crippen LogP contribution in [0, 0.1) is 13.8 Å². The van der Waals surface area contributed by atoms with Crippen LogP contribution in [0.1, 0.15) is 46.9 Å². The van der Waals surface area contributed by atoms with Gasteiger partial charge in [0.2, 0.25) is 0 Å².